The molecule has 0 fully saturated rings. The molecule has 2 aromatic rings. The summed E-state index contributed by atoms with van der Waals surface area (Å²) in [5.74, 6) is 0.274. The van der Waals surface area contributed by atoms with Crippen molar-refractivity contribution in [2.75, 3.05) is 18.9 Å². The Balaban J connectivity index is 2.08. The van der Waals surface area contributed by atoms with Gasteiger partial charge >= 0.3 is 6.18 Å². The first-order valence-electron chi connectivity index (χ1n) is 5.74. The molecule has 0 amide bonds. The topological polar surface area (TPSA) is 53.1 Å². The van der Waals surface area contributed by atoms with Crippen molar-refractivity contribution in [3.8, 4) is 0 Å². The van der Waals surface area contributed by atoms with Crippen molar-refractivity contribution in [3.63, 3.8) is 0 Å². The van der Waals surface area contributed by atoms with Crippen LogP contribution in [-0.4, -0.2) is 28.9 Å². The number of fused-ring (bicyclic) bond motifs is 1. The van der Waals surface area contributed by atoms with Crippen molar-refractivity contribution < 1.29 is 17.9 Å². The van der Waals surface area contributed by atoms with E-state index in [0.717, 1.165) is 16.6 Å². The number of anilines is 1. The molecular weight excluding hydrogens is 259 g/mol. The third-order valence-electron chi connectivity index (χ3n) is 2.66. The Morgan fingerprint density at radius 3 is 2.79 bits per heavy atom. The largest absolute Gasteiger partial charge is 0.411 e. The third kappa shape index (κ3) is 3.37. The minimum atomic E-state index is -4.31. The Hall–Kier alpha value is -1.76. The van der Waals surface area contributed by atoms with E-state index in [9.17, 15) is 13.2 Å². The van der Waals surface area contributed by atoms with Gasteiger partial charge in [0.15, 0.2) is 0 Å². The molecule has 4 nitrogen and oxygen atoms in total. The lowest BCUT2D eigenvalue weighted by atomic mass is 10.2. The number of nitrogens with two attached hydrogens (primary N) is 1. The number of alkyl halides is 3. The van der Waals surface area contributed by atoms with E-state index in [0.29, 0.717) is 0 Å². The smallest absolute Gasteiger partial charge is 0.370 e. The van der Waals surface area contributed by atoms with Crippen LogP contribution in [0.5, 0.6) is 0 Å². The number of nitrogen functional groups attached to an aromatic ring is 1. The third-order valence-corrected chi connectivity index (χ3v) is 2.66. The number of rotatable bonds is 4. The van der Waals surface area contributed by atoms with Crippen LogP contribution in [0.2, 0.25) is 0 Å². The molecule has 1 aromatic carbocycles. The summed E-state index contributed by atoms with van der Waals surface area (Å²) >= 11 is 0. The van der Waals surface area contributed by atoms with E-state index < -0.39 is 12.8 Å². The Bertz CT molecular complexity index is 577. The van der Waals surface area contributed by atoms with Gasteiger partial charge in [-0.3, -0.25) is 0 Å². The van der Waals surface area contributed by atoms with E-state index in [1.165, 1.54) is 0 Å². The highest BCUT2D eigenvalue weighted by Gasteiger charge is 2.27. The number of halogens is 3. The first-order chi connectivity index (χ1) is 8.87. The molecule has 0 bridgehead atoms. The molecular formula is C12H14F3N3O. The van der Waals surface area contributed by atoms with Gasteiger partial charge in [-0.05, 0) is 24.6 Å². The van der Waals surface area contributed by atoms with Crippen molar-refractivity contribution in [3.05, 3.63) is 23.8 Å². The molecule has 104 valence electrons. The fourth-order valence-corrected chi connectivity index (χ4v) is 1.83. The fourth-order valence-electron chi connectivity index (χ4n) is 1.83. The molecule has 0 aliphatic heterocycles. The summed E-state index contributed by atoms with van der Waals surface area (Å²) in [6.45, 7) is 0.844. The predicted molar refractivity (Wildman–Crippen MR) is 65.8 cm³/mol. The number of ether oxygens (including phenoxy) is 1. The van der Waals surface area contributed by atoms with Crippen molar-refractivity contribution in [1.82, 2.24) is 9.55 Å². The van der Waals surface area contributed by atoms with E-state index in [-0.39, 0.29) is 19.1 Å². The van der Waals surface area contributed by atoms with Gasteiger partial charge in [0.05, 0.1) is 17.6 Å². The molecule has 19 heavy (non-hydrogen) atoms. The molecule has 0 unspecified atom stereocenters. The molecule has 2 rings (SSSR count). The zero-order chi connectivity index (χ0) is 14.0. The second kappa shape index (κ2) is 5.08. The lowest BCUT2D eigenvalue weighted by Gasteiger charge is -2.09. The summed E-state index contributed by atoms with van der Waals surface area (Å²) in [7, 11) is 0. The monoisotopic (exact) mass is 273 g/mol. The second-order valence-electron chi connectivity index (χ2n) is 4.28. The summed E-state index contributed by atoms with van der Waals surface area (Å²) in [6, 6.07) is 5.62. The minimum Gasteiger partial charge on any atom is -0.370 e. The van der Waals surface area contributed by atoms with Crippen molar-refractivity contribution in [1.29, 1.82) is 0 Å². The second-order valence-corrected chi connectivity index (χ2v) is 4.28. The molecule has 1 heterocycles. The quantitative estimate of drug-likeness (QED) is 0.871. The van der Waals surface area contributed by atoms with Crippen LogP contribution >= 0.6 is 0 Å². The van der Waals surface area contributed by atoms with Gasteiger partial charge in [-0.2, -0.15) is 13.2 Å². The number of imidazole rings is 1. The average molecular weight is 273 g/mol. The van der Waals surface area contributed by atoms with Crippen LogP contribution < -0.4 is 5.73 Å². The Morgan fingerprint density at radius 2 is 2.11 bits per heavy atom. The zero-order valence-electron chi connectivity index (χ0n) is 10.4. The molecule has 0 saturated carbocycles. The van der Waals surface area contributed by atoms with Crippen LogP contribution in [0.4, 0.5) is 19.1 Å². The summed E-state index contributed by atoms with van der Waals surface area (Å²) in [4.78, 5) is 4.14. The molecule has 0 radical (unpaired) electrons. The molecule has 0 aliphatic rings. The lowest BCUT2D eigenvalue weighted by molar-refractivity contribution is -0.174. The Kier molecular flexibility index (Phi) is 3.66. The van der Waals surface area contributed by atoms with E-state index in [1.54, 1.807) is 4.57 Å². The average Bonchev–Trinajstić information content (AvgIpc) is 2.59. The van der Waals surface area contributed by atoms with Crippen molar-refractivity contribution in [2.45, 2.75) is 19.6 Å². The van der Waals surface area contributed by atoms with E-state index in [2.05, 4.69) is 9.72 Å². The number of hydrogen-bond donors (Lipinski definition) is 1. The first-order valence-corrected chi connectivity index (χ1v) is 5.74. The normalized spacial score (nSPS) is 12.2. The number of aromatic nitrogens is 2. The molecule has 2 N–H and O–H groups in total. The highest BCUT2D eigenvalue weighted by atomic mass is 19.4. The number of hydrogen-bond acceptors (Lipinski definition) is 3. The SMILES string of the molecule is Cc1ccc2nc(N)n(CCOCC(F)(F)F)c2c1. The van der Waals surface area contributed by atoms with Crippen LogP contribution in [-0.2, 0) is 11.3 Å². The van der Waals surface area contributed by atoms with Gasteiger partial charge in [-0.15, -0.1) is 0 Å². The summed E-state index contributed by atoms with van der Waals surface area (Å²) < 4.78 is 42.0. The van der Waals surface area contributed by atoms with Gasteiger partial charge in [-0.1, -0.05) is 6.07 Å². The minimum absolute atomic E-state index is 0.0664. The molecule has 0 aliphatic carbocycles. The molecule has 7 heteroatoms. The predicted octanol–water partition coefficient (Wildman–Crippen LogP) is 2.51. The van der Waals surface area contributed by atoms with Crippen LogP contribution in [0, 0.1) is 6.92 Å². The Morgan fingerprint density at radius 1 is 1.37 bits per heavy atom. The van der Waals surface area contributed by atoms with E-state index >= 15 is 0 Å². The number of aryl methyl sites for hydroxylation is 1. The van der Waals surface area contributed by atoms with Gasteiger partial charge in [0.1, 0.15) is 6.61 Å². The molecule has 0 saturated heterocycles. The maximum absolute atomic E-state index is 11.9. The molecule has 1 aromatic heterocycles. The van der Waals surface area contributed by atoms with Gasteiger partial charge < -0.3 is 15.0 Å². The maximum atomic E-state index is 11.9. The maximum Gasteiger partial charge on any atom is 0.411 e. The lowest BCUT2D eigenvalue weighted by Crippen LogP contribution is -2.19. The van der Waals surface area contributed by atoms with Gasteiger partial charge in [0.2, 0.25) is 5.95 Å². The zero-order valence-corrected chi connectivity index (χ0v) is 10.4. The number of nitrogens with zero attached hydrogens (tertiary/aromatic N) is 2. The first kappa shape index (κ1) is 13.7. The van der Waals surface area contributed by atoms with Gasteiger partial charge in [0, 0.05) is 6.54 Å². The standard InChI is InChI=1S/C12H14F3N3O/c1-8-2-3-9-10(6-8)18(11(16)17-9)4-5-19-7-12(13,14)15/h2-3,6H,4-5,7H2,1H3,(H2,16,17). The van der Waals surface area contributed by atoms with E-state index in [1.807, 2.05) is 25.1 Å². The highest BCUT2D eigenvalue weighted by molar-refractivity contribution is 5.79. The highest BCUT2D eigenvalue weighted by Crippen LogP contribution is 2.19. The molecule has 0 atom stereocenters. The number of benzene rings is 1. The fraction of sp³-hybridized carbons (Fsp3) is 0.417. The van der Waals surface area contributed by atoms with Gasteiger partial charge in [0.25, 0.3) is 0 Å². The summed E-state index contributed by atoms with van der Waals surface area (Å²) in [5, 5.41) is 0. The van der Waals surface area contributed by atoms with E-state index in [4.69, 9.17) is 5.73 Å². The van der Waals surface area contributed by atoms with Crippen LogP contribution in [0.15, 0.2) is 18.2 Å². The Labute approximate surface area is 108 Å². The van der Waals surface area contributed by atoms with Crippen LogP contribution in [0.25, 0.3) is 11.0 Å². The van der Waals surface area contributed by atoms with Gasteiger partial charge in [-0.25, -0.2) is 4.98 Å². The van der Waals surface area contributed by atoms with Crippen LogP contribution in [0.3, 0.4) is 0 Å². The molecule has 0 spiro atoms. The van der Waals surface area contributed by atoms with Crippen molar-refractivity contribution in [2.24, 2.45) is 0 Å². The summed E-state index contributed by atoms with van der Waals surface area (Å²) in [5.41, 5.74) is 8.30. The van der Waals surface area contributed by atoms with Crippen LogP contribution in [0.1, 0.15) is 5.56 Å². The summed E-state index contributed by atoms with van der Waals surface area (Å²) in [6.07, 6.45) is -4.31. The van der Waals surface area contributed by atoms with Crippen molar-refractivity contribution >= 4 is 17.0 Å².